The van der Waals surface area contributed by atoms with Crippen molar-refractivity contribution in [2.24, 2.45) is 0 Å². The molecular formula is C10H13ClFNO. The van der Waals surface area contributed by atoms with Crippen LogP contribution in [0.4, 0.5) is 10.1 Å². The lowest BCUT2D eigenvalue weighted by Crippen LogP contribution is -2.36. The quantitative estimate of drug-likeness (QED) is 0.714. The van der Waals surface area contributed by atoms with Crippen LogP contribution in [-0.2, 0) is 4.74 Å². The first kappa shape index (κ1) is 11.3. The Hall–Kier alpha value is -0.800. The van der Waals surface area contributed by atoms with Crippen LogP contribution in [-0.4, -0.2) is 26.3 Å². The number of anilines is 1. The van der Waals surface area contributed by atoms with Crippen LogP contribution >= 0.6 is 12.4 Å². The molecule has 1 fully saturated rings. The number of rotatable bonds is 1. The number of hydrogen-bond donors (Lipinski definition) is 0. The van der Waals surface area contributed by atoms with Gasteiger partial charge >= 0.3 is 0 Å². The number of ether oxygens (including phenoxy) is 1. The molecule has 0 aliphatic carbocycles. The molecule has 0 atom stereocenters. The highest BCUT2D eigenvalue weighted by molar-refractivity contribution is 5.85. The van der Waals surface area contributed by atoms with Crippen molar-refractivity contribution in [1.82, 2.24) is 0 Å². The van der Waals surface area contributed by atoms with E-state index in [1.54, 1.807) is 12.1 Å². The molecule has 0 N–H and O–H groups in total. The van der Waals surface area contributed by atoms with E-state index in [-0.39, 0.29) is 18.2 Å². The van der Waals surface area contributed by atoms with Crippen molar-refractivity contribution < 1.29 is 9.13 Å². The minimum atomic E-state index is -0.183. The summed E-state index contributed by atoms with van der Waals surface area (Å²) in [5.41, 5.74) is 1.07. The molecule has 1 aliphatic rings. The van der Waals surface area contributed by atoms with Crippen LogP contribution in [0.5, 0.6) is 0 Å². The number of hydrogen-bond acceptors (Lipinski definition) is 2. The Labute approximate surface area is 89.1 Å². The van der Waals surface area contributed by atoms with Gasteiger partial charge in [0.1, 0.15) is 5.82 Å². The number of benzene rings is 1. The summed E-state index contributed by atoms with van der Waals surface area (Å²) in [6.07, 6.45) is 0. The van der Waals surface area contributed by atoms with Gasteiger partial charge in [0.25, 0.3) is 0 Å². The van der Waals surface area contributed by atoms with Gasteiger partial charge in [-0.05, 0) is 24.3 Å². The van der Waals surface area contributed by atoms with Crippen molar-refractivity contribution in [3.05, 3.63) is 30.1 Å². The summed E-state index contributed by atoms with van der Waals surface area (Å²) in [6.45, 7) is 3.31. The third-order valence-electron chi connectivity index (χ3n) is 2.20. The van der Waals surface area contributed by atoms with E-state index < -0.39 is 0 Å². The van der Waals surface area contributed by atoms with E-state index in [1.165, 1.54) is 12.1 Å². The topological polar surface area (TPSA) is 12.5 Å². The van der Waals surface area contributed by atoms with Crippen molar-refractivity contribution in [3.63, 3.8) is 0 Å². The Balaban J connectivity index is 0.000000980. The van der Waals surface area contributed by atoms with Crippen LogP contribution in [0.15, 0.2) is 24.3 Å². The fourth-order valence-electron chi connectivity index (χ4n) is 1.47. The summed E-state index contributed by atoms with van der Waals surface area (Å²) in [5, 5.41) is 0. The van der Waals surface area contributed by atoms with Gasteiger partial charge in [-0.1, -0.05) is 0 Å². The predicted octanol–water partition coefficient (Wildman–Crippen LogP) is 2.08. The SMILES string of the molecule is Cl.Fc1ccc(N2CCOCC2)cc1. The van der Waals surface area contributed by atoms with Crippen LogP contribution in [0.3, 0.4) is 0 Å². The fourth-order valence-corrected chi connectivity index (χ4v) is 1.47. The maximum Gasteiger partial charge on any atom is 0.123 e. The molecule has 0 bridgehead atoms. The van der Waals surface area contributed by atoms with Crippen LogP contribution in [0.2, 0.25) is 0 Å². The average Bonchev–Trinajstić information content (AvgIpc) is 2.20. The minimum absolute atomic E-state index is 0. The molecule has 1 aromatic rings. The van der Waals surface area contributed by atoms with Gasteiger partial charge < -0.3 is 9.64 Å². The fraction of sp³-hybridized carbons (Fsp3) is 0.400. The Morgan fingerprint density at radius 1 is 1.07 bits per heavy atom. The van der Waals surface area contributed by atoms with Crippen molar-refractivity contribution in [2.75, 3.05) is 31.2 Å². The Morgan fingerprint density at radius 2 is 1.64 bits per heavy atom. The Kier molecular flexibility index (Phi) is 4.17. The molecule has 2 nitrogen and oxygen atoms in total. The lowest BCUT2D eigenvalue weighted by Gasteiger charge is -2.28. The molecule has 0 saturated carbocycles. The van der Waals surface area contributed by atoms with Crippen LogP contribution in [0.1, 0.15) is 0 Å². The van der Waals surface area contributed by atoms with Crippen LogP contribution in [0.25, 0.3) is 0 Å². The van der Waals surface area contributed by atoms with Gasteiger partial charge in [0.15, 0.2) is 0 Å². The summed E-state index contributed by atoms with van der Waals surface area (Å²) >= 11 is 0. The molecule has 0 unspecified atom stereocenters. The summed E-state index contributed by atoms with van der Waals surface area (Å²) in [7, 11) is 0. The number of morpholine rings is 1. The zero-order valence-electron chi connectivity index (χ0n) is 7.78. The largest absolute Gasteiger partial charge is 0.378 e. The van der Waals surface area contributed by atoms with E-state index >= 15 is 0 Å². The third-order valence-corrected chi connectivity index (χ3v) is 2.20. The highest BCUT2D eigenvalue weighted by Crippen LogP contribution is 2.15. The smallest absolute Gasteiger partial charge is 0.123 e. The third kappa shape index (κ3) is 2.59. The second-order valence-corrected chi connectivity index (χ2v) is 3.08. The molecule has 4 heteroatoms. The number of nitrogens with zero attached hydrogens (tertiary/aromatic N) is 1. The maximum atomic E-state index is 12.6. The second kappa shape index (κ2) is 5.17. The van der Waals surface area contributed by atoms with Crippen LogP contribution < -0.4 is 4.90 Å². The van der Waals surface area contributed by atoms with Gasteiger partial charge in [-0.25, -0.2) is 4.39 Å². The van der Waals surface area contributed by atoms with Gasteiger partial charge in [-0.3, -0.25) is 0 Å². The van der Waals surface area contributed by atoms with Crippen molar-refractivity contribution >= 4 is 18.1 Å². The molecule has 1 aromatic carbocycles. The highest BCUT2D eigenvalue weighted by atomic mass is 35.5. The van der Waals surface area contributed by atoms with E-state index in [9.17, 15) is 4.39 Å². The van der Waals surface area contributed by atoms with E-state index in [2.05, 4.69) is 4.90 Å². The molecular weight excluding hydrogens is 205 g/mol. The molecule has 0 aromatic heterocycles. The van der Waals surface area contributed by atoms with Gasteiger partial charge in [0.05, 0.1) is 13.2 Å². The van der Waals surface area contributed by atoms with E-state index in [0.29, 0.717) is 0 Å². The first-order chi connectivity index (χ1) is 6.36. The first-order valence-corrected chi connectivity index (χ1v) is 4.44. The zero-order valence-corrected chi connectivity index (χ0v) is 8.60. The standard InChI is InChI=1S/C10H12FNO.ClH/c11-9-1-3-10(4-2-9)12-5-7-13-8-6-12;/h1-4H,5-8H2;1H. The van der Waals surface area contributed by atoms with Gasteiger partial charge in [0, 0.05) is 18.8 Å². The summed E-state index contributed by atoms with van der Waals surface area (Å²) in [5.74, 6) is -0.183. The van der Waals surface area contributed by atoms with Gasteiger partial charge in [-0.2, -0.15) is 0 Å². The Morgan fingerprint density at radius 3 is 2.21 bits per heavy atom. The van der Waals surface area contributed by atoms with Crippen molar-refractivity contribution in [2.45, 2.75) is 0 Å². The van der Waals surface area contributed by atoms with Crippen LogP contribution in [0, 0.1) is 5.82 Å². The number of halogens is 2. The first-order valence-electron chi connectivity index (χ1n) is 4.44. The second-order valence-electron chi connectivity index (χ2n) is 3.08. The van der Waals surface area contributed by atoms with E-state index in [4.69, 9.17) is 4.74 Å². The molecule has 14 heavy (non-hydrogen) atoms. The monoisotopic (exact) mass is 217 g/mol. The highest BCUT2D eigenvalue weighted by Gasteiger charge is 2.10. The molecule has 0 amide bonds. The average molecular weight is 218 g/mol. The van der Waals surface area contributed by atoms with E-state index in [0.717, 1.165) is 32.0 Å². The lowest BCUT2D eigenvalue weighted by atomic mass is 10.2. The summed E-state index contributed by atoms with van der Waals surface area (Å²) < 4.78 is 17.8. The van der Waals surface area contributed by atoms with Crippen molar-refractivity contribution in [3.8, 4) is 0 Å². The van der Waals surface area contributed by atoms with Crippen molar-refractivity contribution in [1.29, 1.82) is 0 Å². The van der Waals surface area contributed by atoms with Gasteiger partial charge in [0.2, 0.25) is 0 Å². The molecule has 1 aliphatic heterocycles. The maximum absolute atomic E-state index is 12.6. The van der Waals surface area contributed by atoms with E-state index in [1.807, 2.05) is 0 Å². The minimum Gasteiger partial charge on any atom is -0.378 e. The molecule has 78 valence electrons. The Bertz CT molecular complexity index is 272. The molecule has 2 rings (SSSR count). The summed E-state index contributed by atoms with van der Waals surface area (Å²) in [6, 6.07) is 6.59. The zero-order chi connectivity index (χ0) is 9.10. The molecule has 0 spiro atoms. The molecule has 1 heterocycles. The summed E-state index contributed by atoms with van der Waals surface area (Å²) in [4.78, 5) is 2.20. The molecule has 1 saturated heterocycles. The van der Waals surface area contributed by atoms with Gasteiger partial charge in [-0.15, -0.1) is 12.4 Å². The predicted molar refractivity (Wildman–Crippen MR) is 56.7 cm³/mol. The normalized spacial score (nSPS) is 16.2. The lowest BCUT2D eigenvalue weighted by molar-refractivity contribution is 0.122. The molecule has 0 radical (unpaired) electrons.